The summed E-state index contributed by atoms with van der Waals surface area (Å²) in [5.41, 5.74) is -0.767. The van der Waals surface area contributed by atoms with Gasteiger partial charge in [-0.2, -0.15) is 18.4 Å². The predicted molar refractivity (Wildman–Crippen MR) is 78.2 cm³/mol. The van der Waals surface area contributed by atoms with Crippen molar-refractivity contribution in [2.24, 2.45) is 5.41 Å². The van der Waals surface area contributed by atoms with Gasteiger partial charge in [0.25, 0.3) is 0 Å². The normalized spacial score (nSPS) is 12.0. The van der Waals surface area contributed by atoms with Crippen LogP contribution in [0, 0.1) is 16.7 Å². The lowest BCUT2D eigenvalue weighted by Crippen LogP contribution is -2.10. The van der Waals surface area contributed by atoms with Crippen LogP contribution in [0.3, 0.4) is 0 Å². The van der Waals surface area contributed by atoms with Gasteiger partial charge in [-0.25, -0.2) is 0 Å². The number of unbranched alkanes of at least 4 members (excludes halogenated alkanes) is 1. The molecule has 0 aromatic heterocycles. The number of anilines is 1. The molecule has 21 heavy (non-hydrogen) atoms. The lowest BCUT2D eigenvalue weighted by atomic mass is 9.89. The average molecular weight is 319 g/mol. The van der Waals surface area contributed by atoms with Crippen molar-refractivity contribution in [3.8, 4) is 6.07 Å². The lowest BCUT2D eigenvalue weighted by Gasteiger charge is -2.15. The fraction of sp³-hybridized carbons (Fsp3) is 0.533. The van der Waals surface area contributed by atoms with Gasteiger partial charge in [-0.3, -0.25) is 0 Å². The monoisotopic (exact) mass is 318 g/mol. The van der Waals surface area contributed by atoms with Gasteiger partial charge in [0, 0.05) is 17.3 Å². The third-order valence-corrected chi connectivity index (χ3v) is 3.30. The third-order valence-electron chi connectivity index (χ3n) is 3.09. The highest BCUT2D eigenvalue weighted by Crippen LogP contribution is 2.33. The molecular formula is C15H18ClF3N2. The molecular weight excluding hydrogens is 301 g/mol. The van der Waals surface area contributed by atoms with Crippen LogP contribution in [0.2, 0.25) is 5.02 Å². The highest BCUT2D eigenvalue weighted by atomic mass is 35.5. The Morgan fingerprint density at radius 2 is 1.86 bits per heavy atom. The fourth-order valence-corrected chi connectivity index (χ4v) is 2.07. The Balaban J connectivity index is 2.50. The smallest absolute Gasteiger partial charge is 0.385 e. The topological polar surface area (TPSA) is 35.8 Å². The Labute approximate surface area is 127 Å². The number of benzene rings is 1. The first-order valence-electron chi connectivity index (χ1n) is 6.67. The number of nitrogens with zero attached hydrogens (tertiary/aromatic N) is 1. The van der Waals surface area contributed by atoms with Crippen LogP contribution in [0.5, 0.6) is 0 Å². The van der Waals surface area contributed by atoms with Crippen LogP contribution in [-0.4, -0.2) is 6.54 Å². The summed E-state index contributed by atoms with van der Waals surface area (Å²) in [6.45, 7) is 4.28. The minimum atomic E-state index is -4.40. The van der Waals surface area contributed by atoms with E-state index >= 15 is 0 Å². The first-order valence-corrected chi connectivity index (χ1v) is 7.05. The maximum Gasteiger partial charge on any atom is 0.416 e. The molecule has 1 aromatic rings. The summed E-state index contributed by atoms with van der Waals surface area (Å²) in [5, 5.41) is 11.9. The number of nitriles is 1. The van der Waals surface area contributed by atoms with E-state index in [1.165, 1.54) is 6.07 Å². The minimum absolute atomic E-state index is 0.0536. The molecule has 0 bridgehead atoms. The lowest BCUT2D eigenvalue weighted by molar-refractivity contribution is -0.137. The van der Waals surface area contributed by atoms with Crippen molar-refractivity contribution in [1.82, 2.24) is 0 Å². The molecule has 0 aliphatic heterocycles. The van der Waals surface area contributed by atoms with Gasteiger partial charge in [0.15, 0.2) is 0 Å². The number of alkyl halides is 3. The molecule has 2 nitrogen and oxygen atoms in total. The Kier molecular flexibility index (Phi) is 5.91. The summed E-state index contributed by atoms with van der Waals surface area (Å²) in [6, 6.07) is 5.64. The van der Waals surface area contributed by atoms with Gasteiger partial charge < -0.3 is 5.32 Å². The van der Waals surface area contributed by atoms with Crippen molar-refractivity contribution >= 4 is 17.3 Å². The summed E-state index contributed by atoms with van der Waals surface area (Å²) in [4.78, 5) is 0. The van der Waals surface area contributed by atoms with Crippen LogP contribution in [0.25, 0.3) is 0 Å². The highest BCUT2D eigenvalue weighted by molar-refractivity contribution is 6.30. The van der Waals surface area contributed by atoms with Crippen LogP contribution >= 0.6 is 11.6 Å². The molecule has 0 spiro atoms. The quantitative estimate of drug-likeness (QED) is 0.704. The van der Waals surface area contributed by atoms with Gasteiger partial charge in [-0.1, -0.05) is 18.0 Å². The molecule has 1 rings (SSSR count). The molecule has 1 aromatic carbocycles. The molecule has 0 unspecified atom stereocenters. The van der Waals surface area contributed by atoms with Gasteiger partial charge >= 0.3 is 6.18 Å². The maximum absolute atomic E-state index is 12.6. The summed E-state index contributed by atoms with van der Waals surface area (Å²) in [6.07, 6.45) is -2.04. The zero-order valence-electron chi connectivity index (χ0n) is 12.0. The zero-order chi connectivity index (χ0) is 16.1. The van der Waals surface area contributed by atoms with E-state index in [4.69, 9.17) is 16.9 Å². The average Bonchev–Trinajstić information content (AvgIpc) is 2.36. The Bertz CT molecular complexity index is 519. The van der Waals surface area contributed by atoms with E-state index in [-0.39, 0.29) is 10.4 Å². The number of hydrogen-bond donors (Lipinski definition) is 1. The summed E-state index contributed by atoms with van der Waals surface area (Å²) in [5.74, 6) is 0. The summed E-state index contributed by atoms with van der Waals surface area (Å²) >= 11 is 5.70. The van der Waals surface area contributed by atoms with Gasteiger partial charge in [0.1, 0.15) is 0 Å². The Morgan fingerprint density at radius 3 is 2.43 bits per heavy atom. The second kappa shape index (κ2) is 7.04. The molecule has 1 N–H and O–H groups in total. The number of hydrogen-bond acceptors (Lipinski definition) is 2. The van der Waals surface area contributed by atoms with Crippen molar-refractivity contribution in [2.75, 3.05) is 11.9 Å². The molecule has 0 saturated carbocycles. The molecule has 0 fully saturated rings. The Hall–Kier alpha value is -1.41. The number of nitrogens with one attached hydrogen (secondary N) is 1. The first-order chi connectivity index (χ1) is 9.64. The van der Waals surface area contributed by atoms with E-state index in [1.54, 1.807) is 0 Å². The van der Waals surface area contributed by atoms with E-state index in [1.807, 2.05) is 13.8 Å². The van der Waals surface area contributed by atoms with Crippen LogP contribution in [-0.2, 0) is 6.18 Å². The van der Waals surface area contributed by atoms with Crippen molar-refractivity contribution in [2.45, 2.75) is 39.3 Å². The molecule has 0 heterocycles. The Morgan fingerprint density at radius 1 is 1.19 bits per heavy atom. The molecule has 0 aliphatic rings. The highest BCUT2D eigenvalue weighted by Gasteiger charge is 2.31. The van der Waals surface area contributed by atoms with Crippen molar-refractivity contribution < 1.29 is 13.2 Å². The van der Waals surface area contributed by atoms with Crippen LogP contribution < -0.4 is 5.32 Å². The predicted octanol–water partition coefficient (Wildman–Crippen LogP) is 5.49. The SMILES string of the molecule is CC(C)(C#N)CCCCNc1cc(Cl)cc(C(F)(F)F)c1. The molecule has 116 valence electrons. The summed E-state index contributed by atoms with van der Waals surface area (Å²) in [7, 11) is 0. The van der Waals surface area contributed by atoms with Gasteiger partial charge in [0.2, 0.25) is 0 Å². The minimum Gasteiger partial charge on any atom is -0.385 e. The van der Waals surface area contributed by atoms with Crippen molar-refractivity contribution in [3.05, 3.63) is 28.8 Å². The van der Waals surface area contributed by atoms with E-state index in [9.17, 15) is 13.2 Å². The van der Waals surface area contributed by atoms with Gasteiger partial charge in [-0.05, 0) is 44.9 Å². The number of halogens is 4. The fourth-order valence-electron chi connectivity index (χ4n) is 1.84. The van der Waals surface area contributed by atoms with E-state index in [0.717, 1.165) is 31.4 Å². The van der Waals surface area contributed by atoms with Crippen molar-refractivity contribution in [1.29, 1.82) is 5.26 Å². The molecule has 0 amide bonds. The largest absolute Gasteiger partial charge is 0.416 e. The molecule has 0 aliphatic carbocycles. The molecule has 0 radical (unpaired) electrons. The standard InChI is InChI=1S/C15H18ClF3N2/c1-14(2,10-20)5-3-4-6-21-13-8-11(15(17,18)19)7-12(16)9-13/h7-9,21H,3-6H2,1-2H3. The molecule has 0 saturated heterocycles. The van der Waals surface area contributed by atoms with Crippen LogP contribution in [0.1, 0.15) is 38.7 Å². The first kappa shape index (κ1) is 17.6. The van der Waals surface area contributed by atoms with E-state index in [2.05, 4.69) is 11.4 Å². The second-order valence-electron chi connectivity index (χ2n) is 5.61. The third kappa shape index (κ3) is 6.26. The van der Waals surface area contributed by atoms with Crippen LogP contribution in [0.4, 0.5) is 18.9 Å². The van der Waals surface area contributed by atoms with E-state index < -0.39 is 11.7 Å². The zero-order valence-corrected chi connectivity index (χ0v) is 12.8. The van der Waals surface area contributed by atoms with E-state index in [0.29, 0.717) is 12.2 Å². The summed E-state index contributed by atoms with van der Waals surface area (Å²) < 4.78 is 37.9. The van der Waals surface area contributed by atoms with Gasteiger partial charge in [0.05, 0.1) is 17.0 Å². The molecule has 0 atom stereocenters. The van der Waals surface area contributed by atoms with Crippen molar-refractivity contribution in [3.63, 3.8) is 0 Å². The second-order valence-corrected chi connectivity index (χ2v) is 6.04. The maximum atomic E-state index is 12.6. The van der Waals surface area contributed by atoms with Crippen LogP contribution in [0.15, 0.2) is 18.2 Å². The number of rotatable bonds is 6. The molecule has 6 heteroatoms. The van der Waals surface area contributed by atoms with Gasteiger partial charge in [-0.15, -0.1) is 0 Å².